The molecule has 0 bridgehead atoms. The first kappa shape index (κ1) is 28.0. The molecule has 11 rings (SSSR count). The number of rotatable bonds is 3. The SMILES string of the molecule is c1ccc(N2c3ccccc3B3c4ccccc4N(c4cccnc4)c4c5c(cc2c43)N(c2cccc3cccnc23)c2ccccc2O5)cc1. The highest BCUT2D eigenvalue weighted by Gasteiger charge is 2.47. The summed E-state index contributed by atoms with van der Waals surface area (Å²) in [6.07, 6.45) is 5.64. The zero-order valence-electron chi connectivity index (χ0n) is 27.4. The van der Waals surface area contributed by atoms with Crippen molar-refractivity contribution in [3.8, 4) is 11.5 Å². The summed E-state index contributed by atoms with van der Waals surface area (Å²) in [5.74, 6) is 1.57. The van der Waals surface area contributed by atoms with Crippen LogP contribution in [0.4, 0.5) is 51.2 Å². The van der Waals surface area contributed by atoms with Crippen LogP contribution in [0.3, 0.4) is 0 Å². The van der Waals surface area contributed by atoms with Crippen LogP contribution in [0.15, 0.2) is 170 Å². The van der Waals surface area contributed by atoms with Crippen LogP contribution < -0.4 is 35.8 Å². The largest absolute Gasteiger partial charge is 0.451 e. The Morgan fingerprint density at radius 3 is 1.96 bits per heavy atom. The second kappa shape index (κ2) is 10.8. The molecule has 7 heteroatoms. The fourth-order valence-electron chi connectivity index (χ4n) is 8.30. The van der Waals surface area contributed by atoms with E-state index in [1.54, 1.807) is 0 Å². The van der Waals surface area contributed by atoms with E-state index in [9.17, 15) is 0 Å². The Morgan fingerprint density at radius 1 is 0.490 bits per heavy atom. The number of hydrogen-bond acceptors (Lipinski definition) is 6. The molecule has 3 aliphatic rings. The van der Waals surface area contributed by atoms with Crippen molar-refractivity contribution in [1.82, 2.24) is 9.97 Å². The van der Waals surface area contributed by atoms with E-state index in [0.29, 0.717) is 0 Å². The van der Waals surface area contributed by atoms with Crippen LogP contribution in [0.2, 0.25) is 0 Å². The van der Waals surface area contributed by atoms with Gasteiger partial charge >= 0.3 is 0 Å². The molecule has 0 amide bonds. The zero-order chi connectivity index (χ0) is 33.5. The molecule has 0 unspecified atom stereocenters. The van der Waals surface area contributed by atoms with Gasteiger partial charge in [-0.05, 0) is 83.1 Å². The quantitative estimate of drug-likeness (QED) is 0.177. The molecule has 2 aromatic heterocycles. The predicted octanol–water partition coefficient (Wildman–Crippen LogP) is 9.29. The first-order valence-electron chi connectivity index (χ1n) is 17.2. The van der Waals surface area contributed by atoms with Crippen LogP contribution in [0.5, 0.6) is 11.5 Å². The molecule has 0 spiro atoms. The number of para-hydroxylation sites is 6. The maximum absolute atomic E-state index is 7.16. The van der Waals surface area contributed by atoms with Gasteiger partial charge in [-0.3, -0.25) is 9.97 Å². The lowest BCUT2D eigenvalue weighted by Crippen LogP contribution is -2.61. The van der Waals surface area contributed by atoms with Crippen molar-refractivity contribution in [1.29, 1.82) is 0 Å². The average Bonchev–Trinajstić information content (AvgIpc) is 3.20. The third-order valence-corrected chi connectivity index (χ3v) is 10.3. The van der Waals surface area contributed by atoms with Gasteiger partial charge < -0.3 is 19.4 Å². The summed E-state index contributed by atoms with van der Waals surface area (Å²) in [5, 5.41) is 1.07. The third-order valence-electron chi connectivity index (χ3n) is 10.3. The summed E-state index contributed by atoms with van der Waals surface area (Å²) < 4.78 is 7.16. The predicted molar refractivity (Wildman–Crippen MR) is 208 cm³/mol. The third kappa shape index (κ3) is 4.00. The van der Waals surface area contributed by atoms with Crippen molar-refractivity contribution in [3.05, 3.63) is 170 Å². The van der Waals surface area contributed by atoms with Gasteiger partial charge in [-0.2, -0.15) is 0 Å². The van der Waals surface area contributed by atoms with E-state index in [1.807, 2.05) is 36.8 Å². The summed E-state index contributed by atoms with van der Waals surface area (Å²) in [5.41, 5.74) is 13.9. The normalized spacial score (nSPS) is 13.5. The van der Waals surface area contributed by atoms with Crippen molar-refractivity contribution < 1.29 is 4.74 Å². The van der Waals surface area contributed by atoms with Gasteiger partial charge in [0.1, 0.15) is 0 Å². The summed E-state index contributed by atoms with van der Waals surface area (Å²) in [6.45, 7) is -0.0333. The lowest BCUT2D eigenvalue weighted by Gasteiger charge is -2.46. The number of ether oxygens (including phenoxy) is 1. The van der Waals surface area contributed by atoms with Gasteiger partial charge in [0, 0.05) is 40.5 Å². The van der Waals surface area contributed by atoms with Crippen LogP contribution in [-0.2, 0) is 0 Å². The van der Waals surface area contributed by atoms with E-state index in [-0.39, 0.29) is 6.71 Å². The standard InChI is InChI=1S/C44H28BN5O/c1-2-15-30(16-3-1)48-34-20-6-4-18-32(34)45-33-19-5-7-21-35(33)49(31-17-12-25-46-28-31)43-41(45)38(48)27-39-44(43)51-40-24-9-8-22-36(40)50(39)37-23-10-13-29-14-11-26-47-42(29)37/h1-28H. The Morgan fingerprint density at radius 2 is 1.16 bits per heavy atom. The van der Waals surface area contributed by atoms with Crippen molar-refractivity contribution >= 4 is 85.2 Å². The van der Waals surface area contributed by atoms with Crippen LogP contribution in [0.1, 0.15) is 0 Å². The number of nitrogens with zero attached hydrogens (tertiary/aromatic N) is 5. The maximum Gasteiger partial charge on any atom is 0.252 e. The molecule has 0 N–H and O–H groups in total. The van der Waals surface area contributed by atoms with Crippen molar-refractivity contribution in [2.24, 2.45) is 0 Å². The van der Waals surface area contributed by atoms with Gasteiger partial charge in [0.15, 0.2) is 11.5 Å². The molecule has 6 aromatic carbocycles. The monoisotopic (exact) mass is 653 g/mol. The Hall–Kier alpha value is -6.86. The fraction of sp³-hybridized carbons (Fsp3) is 0. The zero-order valence-corrected chi connectivity index (χ0v) is 27.4. The second-order valence-electron chi connectivity index (χ2n) is 13.0. The van der Waals surface area contributed by atoms with Crippen LogP contribution in [-0.4, -0.2) is 16.7 Å². The lowest BCUT2D eigenvalue weighted by molar-refractivity contribution is 0.478. The minimum Gasteiger partial charge on any atom is -0.451 e. The molecule has 8 aromatic rings. The van der Waals surface area contributed by atoms with E-state index in [2.05, 4.69) is 153 Å². The molecular weight excluding hydrogens is 625 g/mol. The highest BCUT2D eigenvalue weighted by Crippen LogP contribution is 2.58. The van der Waals surface area contributed by atoms with Crippen molar-refractivity contribution in [3.63, 3.8) is 0 Å². The number of aromatic nitrogens is 2. The van der Waals surface area contributed by atoms with E-state index in [4.69, 9.17) is 9.72 Å². The van der Waals surface area contributed by atoms with Crippen LogP contribution >= 0.6 is 0 Å². The Labute approximate surface area is 295 Å². The lowest BCUT2D eigenvalue weighted by atomic mass is 9.33. The van der Waals surface area contributed by atoms with Gasteiger partial charge in [0.2, 0.25) is 0 Å². The molecule has 238 valence electrons. The second-order valence-corrected chi connectivity index (χ2v) is 13.0. The van der Waals surface area contributed by atoms with Gasteiger partial charge in [-0.1, -0.05) is 84.9 Å². The number of hydrogen-bond donors (Lipinski definition) is 0. The van der Waals surface area contributed by atoms with Crippen LogP contribution in [0.25, 0.3) is 10.9 Å². The Balaban J connectivity index is 1.32. The topological polar surface area (TPSA) is 44.7 Å². The smallest absolute Gasteiger partial charge is 0.252 e. The van der Waals surface area contributed by atoms with Gasteiger partial charge in [-0.15, -0.1) is 0 Å². The number of fused-ring (bicyclic) bond motifs is 8. The first-order valence-corrected chi connectivity index (χ1v) is 17.2. The van der Waals surface area contributed by atoms with E-state index in [0.717, 1.165) is 73.6 Å². The van der Waals surface area contributed by atoms with E-state index >= 15 is 0 Å². The highest BCUT2D eigenvalue weighted by atomic mass is 16.5. The minimum atomic E-state index is -0.0333. The summed E-state index contributed by atoms with van der Waals surface area (Å²) in [4.78, 5) is 16.6. The van der Waals surface area contributed by atoms with Gasteiger partial charge in [0.25, 0.3) is 6.71 Å². The molecule has 0 fully saturated rings. The maximum atomic E-state index is 7.16. The molecule has 5 heterocycles. The average molecular weight is 654 g/mol. The summed E-state index contributed by atoms with van der Waals surface area (Å²) in [7, 11) is 0. The fourth-order valence-corrected chi connectivity index (χ4v) is 8.30. The molecule has 6 nitrogen and oxygen atoms in total. The molecule has 0 saturated heterocycles. The minimum absolute atomic E-state index is 0.0333. The summed E-state index contributed by atoms with van der Waals surface area (Å²) in [6, 6.07) is 53.5. The highest BCUT2D eigenvalue weighted by molar-refractivity contribution is 7.00. The number of benzene rings is 6. The van der Waals surface area contributed by atoms with E-state index < -0.39 is 0 Å². The number of pyridine rings is 2. The molecule has 3 aliphatic heterocycles. The van der Waals surface area contributed by atoms with Crippen molar-refractivity contribution in [2.75, 3.05) is 14.7 Å². The Kier molecular flexibility index (Phi) is 5.95. The van der Waals surface area contributed by atoms with Gasteiger partial charge in [-0.25, -0.2) is 0 Å². The molecule has 0 atom stereocenters. The molecule has 0 radical (unpaired) electrons. The molecule has 0 saturated carbocycles. The number of anilines is 9. The summed E-state index contributed by atoms with van der Waals surface area (Å²) >= 11 is 0. The van der Waals surface area contributed by atoms with E-state index in [1.165, 1.54) is 16.4 Å². The van der Waals surface area contributed by atoms with Crippen LogP contribution in [0, 0.1) is 0 Å². The molecule has 0 aliphatic carbocycles. The molecule has 51 heavy (non-hydrogen) atoms. The molecular formula is C44H28BN5O. The van der Waals surface area contributed by atoms with Gasteiger partial charge in [0.05, 0.1) is 40.2 Å². The Bertz CT molecular complexity index is 2650. The first-order chi connectivity index (χ1) is 25.3. The van der Waals surface area contributed by atoms with Crippen molar-refractivity contribution in [2.45, 2.75) is 0 Å².